The summed E-state index contributed by atoms with van der Waals surface area (Å²) in [6.45, 7) is 4.80. The average molecular weight is 1130 g/mol. The Kier molecular flexibility index (Phi) is 59.4. The number of phosphoric ester groups is 1. The lowest BCUT2D eigenvalue weighted by molar-refractivity contribution is -0.870. The van der Waals surface area contributed by atoms with E-state index in [1.54, 1.807) is 6.08 Å². The van der Waals surface area contributed by atoms with Gasteiger partial charge in [0.1, 0.15) is 13.2 Å². The molecule has 8 nitrogen and oxygen atoms in total. The molecule has 0 spiro atoms. The van der Waals surface area contributed by atoms with Crippen LogP contribution in [0.25, 0.3) is 0 Å². The normalized spacial score (nSPS) is 14.1. The fourth-order valence-corrected chi connectivity index (χ4v) is 10.8. The van der Waals surface area contributed by atoms with Gasteiger partial charge in [-0.15, -0.1) is 0 Å². The first-order valence-corrected chi connectivity index (χ1v) is 35.7. The van der Waals surface area contributed by atoms with Crippen molar-refractivity contribution in [3.05, 3.63) is 60.8 Å². The van der Waals surface area contributed by atoms with E-state index in [9.17, 15) is 19.4 Å². The van der Waals surface area contributed by atoms with Crippen LogP contribution >= 0.6 is 7.82 Å². The summed E-state index contributed by atoms with van der Waals surface area (Å²) in [5.74, 6) is -0.186. The summed E-state index contributed by atoms with van der Waals surface area (Å²) in [6, 6.07) is -0.870. The first kappa shape index (κ1) is 77.2. The van der Waals surface area contributed by atoms with Crippen LogP contribution in [-0.4, -0.2) is 73.4 Å². The van der Waals surface area contributed by atoms with E-state index in [1.165, 1.54) is 257 Å². The highest BCUT2D eigenvalue weighted by Crippen LogP contribution is 2.43. The van der Waals surface area contributed by atoms with Gasteiger partial charge < -0.3 is 19.8 Å². The van der Waals surface area contributed by atoms with Gasteiger partial charge in [-0.25, -0.2) is 4.57 Å². The third kappa shape index (κ3) is 63.6. The van der Waals surface area contributed by atoms with E-state index in [4.69, 9.17) is 9.05 Å². The van der Waals surface area contributed by atoms with Crippen LogP contribution in [0.2, 0.25) is 0 Å². The Bertz CT molecular complexity index is 1470. The summed E-state index contributed by atoms with van der Waals surface area (Å²) in [4.78, 5) is 23.4. The van der Waals surface area contributed by atoms with Gasteiger partial charge in [0.15, 0.2) is 0 Å². The second-order valence-electron chi connectivity index (χ2n) is 24.5. The number of unbranched alkanes of at least 4 members (excludes halogenated alkanes) is 42. The minimum atomic E-state index is -4.36. The van der Waals surface area contributed by atoms with Crippen molar-refractivity contribution in [2.45, 2.75) is 341 Å². The van der Waals surface area contributed by atoms with Crippen LogP contribution in [0.5, 0.6) is 0 Å². The van der Waals surface area contributed by atoms with Crippen molar-refractivity contribution in [1.82, 2.24) is 5.32 Å². The van der Waals surface area contributed by atoms with Crippen molar-refractivity contribution >= 4 is 13.7 Å². The summed E-state index contributed by atoms with van der Waals surface area (Å²) in [5, 5.41) is 13.9. The topological polar surface area (TPSA) is 105 Å². The van der Waals surface area contributed by atoms with Crippen LogP contribution in [0.3, 0.4) is 0 Å². The Morgan fingerprint density at radius 3 is 1.09 bits per heavy atom. The monoisotopic (exact) mass is 1130 g/mol. The summed E-state index contributed by atoms with van der Waals surface area (Å²) < 4.78 is 23.7. The number of carbonyl (C=O) groups excluding carboxylic acids is 1. The van der Waals surface area contributed by atoms with Crippen molar-refractivity contribution in [3.8, 4) is 0 Å². The van der Waals surface area contributed by atoms with E-state index in [0.717, 1.165) is 51.4 Å². The highest BCUT2D eigenvalue weighted by Gasteiger charge is 2.28. The third-order valence-corrected chi connectivity index (χ3v) is 16.4. The number of aliphatic hydroxyl groups is 1. The molecule has 0 aliphatic carbocycles. The highest BCUT2D eigenvalue weighted by molar-refractivity contribution is 7.47. The van der Waals surface area contributed by atoms with Crippen molar-refractivity contribution in [2.24, 2.45) is 0 Å². The summed E-state index contributed by atoms with van der Waals surface area (Å²) >= 11 is 0. The molecular formula is C70H134N2O6P+. The number of aliphatic hydroxyl groups excluding tert-OH is 1. The number of likely N-dealkylation sites (N-methyl/N-ethyl adjacent to an activating group) is 1. The zero-order chi connectivity index (χ0) is 57.7. The van der Waals surface area contributed by atoms with E-state index in [0.29, 0.717) is 17.4 Å². The first-order chi connectivity index (χ1) is 38.5. The Morgan fingerprint density at radius 1 is 0.430 bits per heavy atom. The lowest BCUT2D eigenvalue weighted by atomic mass is 10.0. The van der Waals surface area contributed by atoms with Crippen LogP contribution in [-0.2, 0) is 18.4 Å². The molecular weight excluding hydrogens is 996 g/mol. The predicted molar refractivity (Wildman–Crippen MR) is 346 cm³/mol. The number of allylic oxidation sites excluding steroid dienone is 9. The fraction of sp³-hybridized carbons (Fsp3) is 0.843. The molecule has 0 aliphatic heterocycles. The van der Waals surface area contributed by atoms with Gasteiger partial charge in [-0.1, -0.05) is 306 Å². The zero-order valence-electron chi connectivity index (χ0n) is 53.1. The van der Waals surface area contributed by atoms with Crippen LogP contribution in [0.4, 0.5) is 0 Å². The molecule has 464 valence electrons. The van der Waals surface area contributed by atoms with Gasteiger partial charge in [-0.3, -0.25) is 13.8 Å². The Balaban J connectivity index is 3.96. The predicted octanol–water partition coefficient (Wildman–Crippen LogP) is 21.6. The molecule has 1 amide bonds. The molecule has 0 aliphatic rings. The zero-order valence-corrected chi connectivity index (χ0v) is 54.0. The number of hydrogen-bond donors (Lipinski definition) is 3. The van der Waals surface area contributed by atoms with Gasteiger partial charge in [0.2, 0.25) is 5.91 Å². The largest absolute Gasteiger partial charge is 0.472 e. The van der Waals surface area contributed by atoms with Crippen molar-refractivity contribution in [3.63, 3.8) is 0 Å². The van der Waals surface area contributed by atoms with Crippen LogP contribution in [0, 0.1) is 0 Å². The second kappa shape index (κ2) is 60.8. The summed E-state index contributed by atoms with van der Waals surface area (Å²) in [7, 11) is 1.56. The molecule has 79 heavy (non-hydrogen) atoms. The first-order valence-electron chi connectivity index (χ1n) is 34.2. The molecule has 0 aromatic carbocycles. The second-order valence-corrected chi connectivity index (χ2v) is 26.0. The molecule has 0 saturated heterocycles. The highest BCUT2D eigenvalue weighted by atomic mass is 31.2. The molecule has 0 aromatic rings. The SMILES string of the molecule is CCCCCCC/C=C\C/C=C\CCCCCCCCCCCCCCCCCCCCCCCCCCCCCC(=O)NC(COP(=O)(O)OCC[N+](C)(C)C)C(O)/C=C/CC/C=C/CC/C=C/CCCCCCCCCC. The minimum Gasteiger partial charge on any atom is -0.387 e. The third-order valence-electron chi connectivity index (χ3n) is 15.4. The lowest BCUT2D eigenvalue weighted by Crippen LogP contribution is -2.45. The number of phosphoric acid groups is 1. The number of amides is 1. The minimum absolute atomic E-state index is 0.0540. The molecule has 0 heterocycles. The Morgan fingerprint density at radius 2 is 0.734 bits per heavy atom. The molecule has 3 unspecified atom stereocenters. The number of nitrogens with zero attached hydrogens (tertiary/aromatic N) is 1. The molecule has 0 rings (SSSR count). The maximum Gasteiger partial charge on any atom is 0.472 e. The maximum absolute atomic E-state index is 13.0. The Labute approximate surface area is 492 Å². The van der Waals surface area contributed by atoms with Gasteiger partial charge in [-0.2, -0.15) is 0 Å². The Hall–Kier alpha value is -1.80. The summed E-state index contributed by atoms with van der Waals surface area (Å²) in [6.07, 6.45) is 83.8. The number of carbonyl (C=O) groups is 1. The van der Waals surface area contributed by atoms with Crippen molar-refractivity contribution < 1.29 is 32.9 Å². The quantitative estimate of drug-likeness (QED) is 0.0243. The van der Waals surface area contributed by atoms with Crippen LogP contribution < -0.4 is 5.32 Å². The molecule has 0 radical (unpaired) electrons. The number of hydrogen-bond acceptors (Lipinski definition) is 5. The average Bonchev–Trinajstić information content (AvgIpc) is 3.42. The van der Waals surface area contributed by atoms with Gasteiger partial charge in [0, 0.05) is 6.42 Å². The smallest absolute Gasteiger partial charge is 0.387 e. The molecule has 0 bridgehead atoms. The van der Waals surface area contributed by atoms with E-state index < -0.39 is 20.0 Å². The van der Waals surface area contributed by atoms with Gasteiger partial charge >= 0.3 is 7.82 Å². The van der Waals surface area contributed by atoms with Gasteiger partial charge in [0.05, 0.1) is 39.9 Å². The molecule has 3 atom stereocenters. The van der Waals surface area contributed by atoms with Crippen molar-refractivity contribution in [2.75, 3.05) is 40.9 Å². The number of quaternary nitrogens is 1. The fourth-order valence-electron chi connectivity index (χ4n) is 10.1. The molecule has 0 fully saturated rings. The van der Waals surface area contributed by atoms with Crippen LogP contribution in [0.1, 0.15) is 328 Å². The van der Waals surface area contributed by atoms with E-state index in [-0.39, 0.29) is 19.1 Å². The van der Waals surface area contributed by atoms with Gasteiger partial charge in [0.25, 0.3) is 0 Å². The molecule has 9 heteroatoms. The van der Waals surface area contributed by atoms with Crippen molar-refractivity contribution in [1.29, 1.82) is 0 Å². The van der Waals surface area contributed by atoms with E-state index in [2.05, 4.69) is 67.8 Å². The van der Waals surface area contributed by atoms with Crippen LogP contribution in [0.15, 0.2) is 60.8 Å². The molecule has 0 saturated carbocycles. The summed E-state index contributed by atoms with van der Waals surface area (Å²) in [5.41, 5.74) is 0. The standard InChI is InChI=1S/C70H133N2O6P/c1-6-8-10-12-14-16-18-20-22-24-26-27-28-29-30-31-32-33-34-35-36-37-38-39-40-41-42-43-44-45-46-48-50-52-54-56-58-60-62-64-70(74)71-68(67-78-79(75,76)77-66-65-72(3,4)5)69(73)63-61-59-57-55-53-51-49-47-25-23-21-19-17-15-13-11-9-7-2/h18,20,24-26,47,53,55,61,63,68-69,73H,6-17,19,21-23,27-46,48-52,54,56-60,62,64-67H2,1-5H3,(H-,71,74,75,76)/p+1/b20-18-,26-24-,47-25+,55-53+,63-61+. The maximum atomic E-state index is 13.0. The van der Waals surface area contributed by atoms with E-state index in [1.807, 2.05) is 27.2 Å². The lowest BCUT2D eigenvalue weighted by Gasteiger charge is -2.25. The number of rotatable bonds is 63. The molecule has 0 aromatic heterocycles. The van der Waals surface area contributed by atoms with Gasteiger partial charge in [-0.05, 0) is 77.0 Å². The molecule has 3 N–H and O–H groups in total. The van der Waals surface area contributed by atoms with E-state index >= 15 is 0 Å². The number of nitrogens with one attached hydrogen (secondary N) is 1.